The highest BCUT2D eigenvalue weighted by molar-refractivity contribution is 9.10. The summed E-state index contributed by atoms with van der Waals surface area (Å²) < 4.78 is 7.71. The summed E-state index contributed by atoms with van der Waals surface area (Å²) in [5.41, 5.74) is 4.05. The zero-order chi connectivity index (χ0) is 22.9. The number of ether oxygens (including phenoxy) is 1. The molecule has 2 heteroatoms. The topological polar surface area (TPSA) is 9.23 Å². The molecule has 0 spiro atoms. The highest BCUT2D eigenvalue weighted by atomic mass is 79.9. The Labute approximate surface area is 200 Å². The van der Waals surface area contributed by atoms with E-state index in [4.69, 9.17) is 4.74 Å². The van der Waals surface area contributed by atoms with E-state index in [0.717, 1.165) is 10.9 Å². The van der Waals surface area contributed by atoms with Crippen LogP contribution in [0.2, 0.25) is 0 Å². The Kier molecular flexibility index (Phi) is 10.3. The number of rotatable bonds is 12. The van der Waals surface area contributed by atoms with E-state index in [1.807, 2.05) is 0 Å². The fraction of sp³-hybridized carbons (Fsp3) is 0.586. The van der Waals surface area contributed by atoms with Gasteiger partial charge < -0.3 is 4.74 Å². The van der Waals surface area contributed by atoms with E-state index in [-0.39, 0.29) is 16.9 Å². The maximum Gasteiger partial charge on any atom is 0.0720 e. The van der Waals surface area contributed by atoms with Gasteiger partial charge in [0.2, 0.25) is 0 Å². The van der Waals surface area contributed by atoms with E-state index in [9.17, 15) is 0 Å². The van der Waals surface area contributed by atoms with Crippen LogP contribution in [0.4, 0.5) is 0 Å². The number of hydrogen-bond donors (Lipinski definition) is 0. The Hall–Kier alpha value is -1.12. The van der Waals surface area contributed by atoms with E-state index in [0.29, 0.717) is 6.61 Å². The van der Waals surface area contributed by atoms with E-state index in [2.05, 4.69) is 106 Å². The molecule has 0 aliphatic rings. The first-order chi connectivity index (χ1) is 14.6. The molecule has 0 saturated carbocycles. The lowest BCUT2D eigenvalue weighted by atomic mass is 9.65. The Balaban J connectivity index is 1.98. The van der Waals surface area contributed by atoms with Gasteiger partial charge in [0.15, 0.2) is 0 Å². The van der Waals surface area contributed by atoms with E-state index in [1.165, 1.54) is 55.2 Å². The summed E-state index contributed by atoms with van der Waals surface area (Å²) in [6.07, 6.45) is 9.40. The van der Waals surface area contributed by atoms with Gasteiger partial charge in [-0.2, -0.15) is 0 Å². The average Bonchev–Trinajstić information content (AvgIpc) is 2.72. The Morgan fingerprint density at radius 3 is 1.81 bits per heavy atom. The van der Waals surface area contributed by atoms with Crippen LogP contribution in [0, 0.1) is 10.8 Å². The molecule has 0 radical (unpaired) electrons. The van der Waals surface area contributed by atoms with Crippen LogP contribution in [-0.4, -0.2) is 6.10 Å². The van der Waals surface area contributed by atoms with Crippen LogP contribution in [-0.2, 0) is 11.3 Å². The maximum atomic E-state index is 6.60. The molecule has 0 heterocycles. The van der Waals surface area contributed by atoms with Gasteiger partial charge in [-0.05, 0) is 46.1 Å². The summed E-state index contributed by atoms with van der Waals surface area (Å²) >= 11 is 3.51. The Morgan fingerprint density at radius 2 is 1.26 bits per heavy atom. The molecular formula is C29H43BrO. The molecule has 0 saturated heterocycles. The molecule has 2 rings (SSSR count). The molecule has 0 fully saturated rings. The standard InChI is InChI=1S/C29H43BrO/c1-7-8-9-10-11-12-13-27(29(5,6)28(2,3)4)31-22-23-14-16-24(17-15-23)25-18-20-26(30)21-19-25/h14-21,27H,7-13,22H2,1-6H3. The smallest absolute Gasteiger partial charge is 0.0720 e. The third-order valence-electron chi connectivity index (χ3n) is 7.14. The predicted molar refractivity (Wildman–Crippen MR) is 139 cm³/mol. The summed E-state index contributed by atoms with van der Waals surface area (Å²) in [6, 6.07) is 17.3. The molecule has 172 valence electrons. The van der Waals surface area contributed by atoms with Gasteiger partial charge in [0, 0.05) is 4.47 Å². The predicted octanol–water partition coefficient (Wildman–Crippen LogP) is 9.82. The normalized spacial score (nSPS) is 13.4. The summed E-state index contributed by atoms with van der Waals surface area (Å²) in [7, 11) is 0. The monoisotopic (exact) mass is 486 g/mol. The number of benzene rings is 2. The van der Waals surface area contributed by atoms with Crippen molar-refractivity contribution < 1.29 is 4.74 Å². The highest BCUT2D eigenvalue weighted by Crippen LogP contribution is 2.44. The second-order valence-corrected chi connectivity index (χ2v) is 11.4. The van der Waals surface area contributed by atoms with Crippen molar-refractivity contribution in [1.82, 2.24) is 0 Å². The van der Waals surface area contributed by atoms with Crippen LogP contribution in [0.15, 0.2) is 53.0 Å². The van der Waals surface area contributed by atoms with Crippen molar-refractivity contribution in [2.24, 2.45) is 10.8 Å². The van der Waals surface area contributed by atoms with Crippen molar-refractivity contribution in [3.63, 3.8) is 0 Å². The Morgan fingerprint density at radius 1 is 0.742 bits per heavy atom. The molecule has 0 aromatic heterocycles. The Bertz CT molecular complexity index is 753. The van der Waals surface area contributed by atoms with Gasteiger partial charge in [0.25, 0.3) is 0 Å². The lowest BCUT2D eigenvalue weighted by Gasteiger charge is -2.45. The van der Waals surface area contributed by atoms with Crippen molar-refractivity contribution in [3.05, 3.63) is 58.6 Å². The van der Waals surface area contributed by atoms with Crippen molar-refractivity contribution in [2.45, 2.75) is 99.2 Å². The van der Waals surface area contributed by atoms with E-state index in [1.54, 1.807) is 0 Å². The molecule has 31 heavy (non-hydrogen) atoms. The number of halogens is 1. The second-order valence-electron chi connectivity index (χ2n) is 10.5. The van der Waals surface area contributed by atoms with Crippen molar-refractivity contribution >= 4 is 15.9 Å². The van der Waals surface area contributed by atoms with Crippen LogP contribution in [0.5, 0.6) is 0 Å². The number of unbranched alkanes of at least 4 members (excludes halogenated alkanes) is 5. The molecule has 0 aliphatic carbocycles. The molecule has 2 aromatic carbocycles. The molecule has 0 aliphatic heterocycles. The lowest BCUT2D eigenvalue weighted by molar-refractivity contribution is -0.0879. The summed E-state index contributed by atoms with van der Waals surface area (Å²) in [5.74, 6) is 0. The van der Waals surface area contributed by atoms with Crippen molar-refractivity contribution in [1.29, 1.82) is 0 Å². The minimum Gasteiger partial charge on any atom is -0.373 e. The maximum absolute atomic E-state index is 6.60. The van der Waals surface area contributed by atoms with Gasteiger partial charge in [0.1, 0.15) is 0 Å². The summed E-state index contributed by atoms with van der Waals surface area (Å²) in [5, 5.41) is 0. The molecule has 1 atom stereocenters. The van der Waals surface area contributed by atoms with Crippen LogP contribution in [0.1, 0.15) is 92.1 Å². The van der Waals surface area contributed by atoms with Gasteiger partial charge >= 0.3 is 0 Å². The molecule has 2 aromatic rings. The molecule has 0 N–H and O–H groups in total. The third kappa shape index (κ3) is 8.06. The van der Waals surface area contributed by atoms with Crippen LogP contribution < -0.4 is 0 Å². The fourth-order valence-electron chi connectivity index (χ4n) is 3.88. The largest absolute Gasteiger partial charge is 0.373 e. The number of hydrogen-bond acceptors (Lipinski definition) is 1. The molecule has 1 nitrogen and oxygen atoms in total. The quantitative estimate of drug-likeness (QED) is 0.271. The first-order valence-corrected chi connectivity index (χ1v) is 12.9. The van der Waals surface area contributed by atoms with Gasteiger partial charge in [0.05, 0.1) is 12.7 Å². The molecule has 0 bridgehead atoms. The lowest BCUT2D eigenvalue weighted by Crippen LogP contribution is -2.42. The van der Waals surface area contributed by atoms with Gasteiger partial charge in [-0.15, -0.1) is 0 Å². The summed E-state index contributed by atoms with van der Waals surface area (Å²) in [4.78, 5) is 0. The van der Waals surface area contributed by atoms with Gasteiger partial charge in [-0.1, -0.05) is 132 Å². The SMILES string of the molecule is CCCCCCCCC(OCc1ccc(-c2ccc(Br)cc2)cc1)C(C)(C)C(C)(C)C. The first-order valence-electron chi connectivity index (χ1n) is 12.1. The summed E-state index contributed by atoms with van der Waals surface area (Å²) in [6.45, 7) is 14.8. The molecular weight excluding hydrogens is 444 g/mol. The molecule has 1 unspecified atom stereocenters. The minimum atomic E-state index is 0.119. The average molecular weight is 488 g/mol. The van der Waals surface area contributed by atoms with E-state index < -0.39 is 0 Å². The van der Waals surface area contributed by atoms with Crippen LogP contribution >= 0.6 is 15.9 Å². The van der Waals surface area contributed by atoms with Gasteiger partial charge in [-0.25, -0.2) is 0 Å². The zero-order valence-corrected chi connectivity index (χ0v) is 22.2. The first kappa shape index (κ1) is 26.1. The van der Waals surface area contributed by atoms with Crippen molar-refractivity contribution in [3.8, 4) is 11.1 Å². The molecule has 0 amide bonds. The van der Waals surface area contributed by atoms with Crippen LogP contribution in [0.25, 0.3) is 11.1 Å². The zero-order valence-electron chi connectivity index (χ0n) is 20.6. The fourth-order valence-corrected chi connectivity index (χ4v) is 4.14. The van der Waals surface area contributed by atoms with Crippen molar-refractivity contribution in [2.75, 3.05) is 0 Å². The van der Waals surface area contributed by atoms with Gasteiger partial charge in [-0.3, -0.25) is 0 Å². The minimum absolute atomic E-state index is 0.119. The highest BCUT2D eigenvalue weighted by Gasteiger charge is 2.40. The van der Waals surface area contributed by atoms with E-state index >= 15 is 0 Å². The second kappa shape index (κ2) is 12.2. The third-order valence-corrected chi connectivity index (χ3v) is 7.67. The van der Waals surface area contributed by atoms with Crippen LogP contribution in [0.3, 0.4) is 0 Å².